The van der Waals surface area contributed by atoms with Crippen LogP contribution in [-0.2, 0) is 11.0 Å². The summed E-state index contributed by atoms with van der Waals surface area (Å²) in [6.45, 7) is 1.42. The summed E-state index contributed by atoms with van der Waals surface area (Å²) in [5, 5.41) is -0.0491. The minimum absolute atomic E-state index is 0.0491. The van der Waals surface area contributed by atoms with Gasteiger partial charge in [-0.25, -0.2) is 4.98 Å². The zero-order valence-corrected chi connectivity index (χ0v) is 10.9. The van der Waals surface area contributed by atoms with Crippen molar-refractivity contribution in [2.75, 3.05) is 11.5 Å². The summed E-state index contributed by atoms with van der Waals surface area (Å²) >= 11 is 1.08. The highest BCUT2D eigenvalue weighted by Crippen LogP contribution is 2.30. The molecule has 0 saturated carbocycles. The second kappa shape index (κ2) is 6.48. The average Bonchev–Trinajstić information content (AvgIpc) is 2.28. The molecule has 2 N–H and O–H groups in total. The second-order valence-electron chi connectivity index (χ2n) is 3.52. The predicted molar refractivity (Wildman–Crippen MR) is 68.3 cm³/mol. The molecule has 0 saturated heterocycles. The lowest BCUT2D eigenvalue weighted by Crippen LogP contribution is -2.12. The Hall–Kier alpha value is -1.68. The van der Waals surface area contributed by atoms with Crippen LogP contribution in [0.4, 0.5) is 19.0 Å². The molecule has 1 aromatic heterocycles. The van der Waals surface area contributed by atoms with Gasteiger partial charge in [-0.15, -0.1) is 0 Å². The van der Waals surface area contributed by atoms with E-state index in [0.29, 0.717) is 12.2 Å². The number of nitrogens with two attached hydrogens (primary N) is 1. The molecular formula is C12H11F3N2OS. The van der Waals surface area contributed by atoms with Crippen molar-refractivity contribution in [1.29, 1.82) is 0 Å². The van der Waals surface area contributed by atoms with Crippen molar-refractivity contribution in [1.82, 2.24) is 4.98 Å². The molecule has 19 heavy (non-hydrogen) atoms. The van der Waals surface area contributed by atoms with Crippen LogP contribution in [0.3, 0.4) is 0 Å². The van der Waals surface area contributed by atoms with E-state index in [1.165, 1.54) is 19.1 Å². The number of pyridine rings is 1. The molecule has 0 aliphatic carbocycles. The van der Waals surface area contributed by atoms with Crippen molar-refractivity contribution >= 4 is 22.7 Å². The molecule has 0 aliphatic rings. The Kier molecular flexibility index (Phi) is 5.24. The van der Waals surface area contributed by atoms with Gasteiger partial charge in [0.2, 0.25) is 0 Å². The lowest BCUT2D eigenvalue weighted by Gasteiger charge is -2.08. The molecule has 1 aromatic rings. The van der Waals surface area contributed by atoms with Crippen LogP contribution < -0.4 is 5.73 Å². The van der Waals surface area contributed by atoms with Crippen LogP contribution in [0.25, 0.3) is 0 Å². The number of hydrogen-bond acceptors (Lipinski definition) is 4. The maximum absolute atomic E-state index is 12.7. The topological polar surface area (TPSA) is 56.0 Å². The number of halogens is 3. The Morgan fingerprint density at radius 1 is 1.47 bits per heavy atom. The molecule has 3 nitrogen and oxygen atoms in total. The summed E-state index contributed by atoms with van der Waals surface area (Å²) in [5.74, 6) is 5.24. The third-order valence-corrected chi connectivity index (χ3v) is 2.76. The summed E-state index contributed by atoms with van der Waals surface area (Å²) in [6.07, 6.45) is -4.26. The van der Waals surface area contributed by atoms with Gasteiger partial charge in [-0.3, -0.25) is 4.79 Å². The van der Waals surface area contributed by atoms with Crippen LogP contribution in [0, 0.1) is 11.8 Å². The molecule has 0 spiro atoms. The van der Waals surface area contributed by atoms with Gasteiger partial charge < -0.3 is 5.73 Å². The number of aromatic nitrogens is 1. The number of nitrogens with zero attached hydrogens (tertiary/aromatic N) is 1. The average molecular weight is 288 g/mol. The molecule has 0 bridgehead atoms. The van der Waals surface area contributed by atoms with E-state index in [-0.39, 0.29) is 16.5 Å². The highest BCUT2D eigenvalue weighted by molar-refractivity contribution is 8.13. The number of carbonyl (C=O) groups is 1. The summed E-state index contributed by atoms with van der Waals surface area (Å²) in [6, 6.07) is 2.46. The zero-order chi connectivity index (χ0) is 14.5. The quantitative estimate of drug-likeness (QED) is 0.671. The Labute approximate surface area is 112 Å². The van der Waals surface area contributed by atoms with E-state index in [1.807, 2.05) is 0 Å². The first-order valence-corrected chi connectivity index (χ1v) is 6.25. The van der Waals surface area contributed by atoms with Crippen molar-refractivity contribution in [2.45, 2.75) is 19.5 Å². The molecular weight excluding hydrogens is 277 g/mol. The summed E-state index contributed by atoms with van der Waals surface area (Å²) in [7, 11) is 0. The van der Waals surface area contributed by atoms with Gasteiger partial charge >= 0.3 is 6.18 Å². The van der Waals surface area contributed by atoms with Crippen molar-refractivity contribution in [3.8, 4) is 11.8 Å². The lowest BCUT2D eigenvalue weighted by atomic mass is 10.2. The van der Waals surface area contributed by atoms with Crippen LogP contribution in [0.2, 0.25) is 0 Å². The van der Waals surface area contributed by atoms with Gasteiger partial charge in [-0.1, -0.05) is 23.6 Å². The van der Waals surface area contributed by atoms with Gasteiger partial charge in [-0.2, -0.15) is 13.2 Å². The van der Waals surface area contributed by atoms with Gasteiger partial charge in [0.05, 0.1) is 5.56 Å². The number of carbonyl (C=O) groups excluding carboxylic acids is 1. The van der Waals surface area contributed by atoms with E-state index < -0.39 is 11.9 Å². The Morgan fingerprint density at radius 2 is 2.16 bits per heavy atom. The largest absolute Gasteiger partial charge is 0.434 e. The molecule has 1 heterocycles. The molecule has 0 aliphatic heterocycles. The summed E-state index contributed by atoms with van der Waals surface area (Å²) < 4.78 is 38.0. The van der Waals surface area contributed by atoms with Crippen LogP contribution >= 0.6 is 11.8 Å². The van der Waals surface area contributed by atoms with Gasteiger partial charge in [0.1, 0.15) is 5.82 Å². The molecule has 0 radical (unpaired) electrons. The maximum atomic E-state index is 12.7. The first-order valence-electron chi connectivity index (χ1n) is 5.26. The minimum Gasteiger partial charge on any atom is -0.384 e. The number of rotatable bonds is 2. The molecule has 102 valence electrons. The van der Waals surface area contributed by atoms with Crippen LogP contribution in [0.1, 0.15) is 24.6 Å². The normalized spacial score (nSPS) is 10.7. The molecule has 0 amide bonds. The SMILES string of the molecule is CC(=O)SCCC#Cc1ccc(N)nc1C(F)(F)F. The summed E-state index contributed by atoms with van der Waals surface area (Å²) in [5.41, 5.74) is 3.94. The number of alkyl halides is 3. The Morgan fingerprint density at radius 3 is 2.74 bits per heavy atom. The smallest absolute Gasteiger partial charge is 0.384 e. The molecule has 7 heteroatoms. The van der Waals surface area contributed by atoms with Gasteiger partial charge in [0.25, 0.3) is 0 Å². The molecule has 1 rings (SSSR count). The van der Waals surface area contributed by atoms with E-state index in [2.05, 4.69) is 16.8 Å². The molecule has 0 fully saturated rings. The van der Waals surface area contributed by atoms with E-state index in [0.717, 1.165) is 11.8 Å². The number of anilines is 1. The molecule has 0 unspecified atom stereocenters. The van der Waals surface area contributed by atoms with Crippen molar-refractivity contribution in [3.63, 3.8) is 0 Å². The van der Waals surface area contributed by atoms with Gasteiger partial charge in [0.15, 0.2) is 10.8 Å². The van der Waals surface area contributed by atoms with E-state index >= 15 is 0 Å². The third kappa shape index (κ3) is 5.22. The number of thioether (sulfide) groups is 1. The van der Waals surface area contributed by atoms with Crippen molar-refractivity contribution in [2.24, 2.45) is 0 Å². The number of nitrogen functional groups attached to an aromatic ring is 1. The van der Waals surface area contributed by atoms with E-state index in [1.54, 1.807) is 0 Å². The van der Waals surface area contributed by atoms with Crippen molar-refractivity contribution in [3.05, 3.63) is 23.4 Å². The van der Waals surface area contributed by atoms with E-state index in [4.69, 9.17) is 5.73 Å². The fourth-order valence-electron chi connectivity index (χ4n) is 1.19. The van der Waals surface area contributed by atoms with Crippen LogP contribution in [0.5, 0.6) is 0 Å². The van der Waals surface area contributed by atoms with Crippen LogP contribution in [-0.4, -0.2) is 15.9 Å². The first-order chi connectivity index (χ1) is 8.80. The highest BCUT2D eigenvalue weighted by atomic mass is 32.2. The zero-order valence-electron chi connectivity index (χ0n) is 10.0. The molecule has 0 atom stereocenters. The van der Waals surface area contributed by atoms with Gasteiger partial charge in [0, 0.05) is 19.1 Å². The first kappa shape index (κ1) is 15.4. The monoisotopic (exact) mass is 288 g/mol. The maximum Gasteiger partial charge on any atom is 0.434 e. The van der Waals surface area contributed by atoms with Gasteiger partial charge in [-0.05, 0) is 12.1 Å². The minimum atomic E-state index is -4.59. The Balaban J connectivity index is 2.84. The fraction of sp³-hybridized carbons (Fsp3) is 0.333. The lowest BCUT2D eigenvalue weighted by molar-refractivity contribution is -0.141. The summed E-state index contributed by atoms with van der Waals surface area (Å²) in [4.78, 5) is 13.9. The highest BCUT2D eigenvalue weighted by Gasteiger charge is 2.35. The number of hydrogen-bond donors (Lipinski definition) is 1. The van der Waals surface area contributed by atoms with Crippen molar-refractivity contribution < 1.29 is 18.0 Å². The van der Waals surface area contributed by atoms with E-state index in [9.17, 15) is 18.0 Å². The molecule has 0 aromatic carbocycles. The third-order valence-electron chi connectivity index (χ3n) is 1.94. The Bertz CT molecular complexity index is 532. The standard InChI is InChI=1S/C12H11F3N2OS/c1-8(18)19-7-3-2-4-9-5-6-10(16)17-11(9)12(13,14)15/h5-6H,3,7H2,1H3,(H2,16,17). The fourth-order valence-corrected chi connectivity index (χ4v) is 1.69. The predicted octanol–water partition coefficient (Wildman–Crippen LogP) is 2.70. The van der Waals surface area contributed by atoms with Crippen LogP contribution in [0.15, 0.2) is 12.1 Å². The second-order valence-corrected chi connectivity index (χ2v) is 4.79.